The Balaban J connectivity index is 0.00000162. The number of phenolic OH excluding ortho intramolecular Hbond substituents is 1. The number of piperazine rings is 1. The Morgan fingerprint density at radius 3 is 2.78 bits per heavy atom. The van der Waals surface area contributed by atoms with Crippen molar-refractivity contribution in [3.05, 3.63) is 23.8 Å². The quantitative estimate of drug-likeness (QED) is 0.553. The van der Waals surface area contributed by atoms with E-state index in [1.165, 1.54) is 6.92 Å². The van der Waals surface area contributed by atoms with E-state index >= 15 is 0 Å². The molecule has 1 aliphatic heterocycles. The van der Waals surface area contributed by atoms with Crippen LogP contribution < -0.4 is 15.4 Å². The van der Waals surface area contributed by atoms with E-state index < -0.39 is 5.97 Å². The summed E-state index contributed by atoms with van der Waals surface area (Å²) in [5, 5.41) is 16.4. The molecule has 1 heterocycles. The number of ether oxygens (including phenoxy) is 1. The van der Waals surface area contributed by atoms with Crippen molar-refractivity contribution >= 4 is 18.4 Å². The van der Waals surface area contributed by atoms with Crippen LogP contribution in [0.15, 0.2) is 18.2 Å². The zero-order valence-corrected chi connectivity index (χ0v) is 10.9. The number of carbonyl (C=O) groups is 1. The molecule has 1 saturated heterocycles. The van der Waals surface area contributed by atoms with Gasteiger partial charge in [-0.15, -0.1) is 12.4 Å². The van der Waals surface area contributed by atoms with Crippen LogP contribution in [0.1, 0.15) is 18.5 Å². The number of nitrogens with one attached hydrogen (secondary N) is 2. The molecule has 1 aromatic carbocycles. The van der Waals surface area contributed by atoms with E-state index in [1.807, 2.05) is 6.07 Å². The van der Waals surface area contributed by atoms with Crippen LogP contribution in [-0.2, 0) is 4.79 Å². The van der Waals surface area contributed by atoms with Crippen molar-refractivity contribution in [2.24, 2.45) is 0 Å². The lowest BCUT2D eigenvalue weighted by molar-refractivity contribution is -0.132. The van der Waals surface area contributed by atoms with Crippen LogP contribution >= 0.6 is 12.4 Å². The summed E-state index contributed by atoms with van der Waals surface area (Å²) in [6, 6.07) is 5.27. The molecule has 0 bridgehead atoms. The number of rotatable bonds is 2. The lowest BCUT2D eigenvalue weighted by Crippen LogP contribution is -2.42. The minimum Gasteiger partial charge on any atom is -0.504 e. The fourth-order valence-electron chi connectivity index (χ4n) is 1.88. The highest BCUT2D eigenvalue weighted by Crippen LogP contribution is 2.29. The molecule has 1 aromatic rings. The third kappa shape index (κ3) is 3.60. The first kappa shape index (κ1) is 14.8. The predicted octanol–water partition coefficient (Wildman–Crippen LogP) is 0.973. The van der Waals surface area contributed by atoms with E-state index in [0.29, 0.717) is 0 Å². The van der Waals surface area contributed by atoms with E-state index in [1.54, 1.807) is 12.1 Å². The van der Waals surface area contributed by atoms with Crippen molar-refractivity contribution in [2.75, 3.05) is 19.6 Å². The fraction of sp³-hybridized carbons (Fsp3) is 0.417. The van der Waals surface area contributed by atoms with E-state index in [-0.39, 0.29) is 29.9 Å². The summed E-state index contributed by atoms with van der Waals surface area (Å²) >= 11 is 0. The summed E-state index contributed by atoms with van der Waals surface area (Å²) < 4.78 is 4.86. The first-order valence-corrected chi connectivity index (χ1v) is 5.62. The Morgan fingerprint density at radius 1 is 1.44 bits per heavy atom. The summed E-state index contributed by atoms with van der Waals surface area (Å²) in [7, 11) is 0. The zero-order chi connectivity index (χ0) is 12.3. The van der Waals surface area contributed by atoms with Crippen LogP contribution in [0.3, 0.4) is 0 Å². The van der Waals surface area contributed by atoms with Gasteiger partial charge in [0.05, 0.1) is 0 Å². The van der Waals surface area contributed by atoms with Crippen LogP contribution in [0.5, 0.6) is 11.5 Å². The molecule has 1 atom stereocenters. The number of hydrogen-bond donors (Lipinski definition) is 3. The highest BCUT2D eigenvalue weighted by atomic mass is 35.5. The first-order valence-electron chi connectivity index (χ1n) is 5.62. The van der Waals surface area contributed by atoms with E-state index in [2.05, 4.69) is 10.6 Å². The lowest BCUT2D eigenvalue weighted by atomic mass is 10.0. The van der Waals surface area contributed by atoms with Gasteiger partial charge in [-0.05, 0) is 17.7 Å². The van der Waals surface area contributed by atoms with E-state index in [9.17, 15) is 9.90 Å². The second-order valence-electron chi connectivity index (χ2n) is 4.03. The van der Waals surface area contributed by atoms with Gasteiger partial charge in [-0.1, -0.05) is 6.07 Å². The number of aromatic hydroxyl groups is 1. The number of hydrogen-bond acceptors (Lipinski definition) is 5. The maximum absolute atomic E-state index is 10.8. The Hall–Kier alpha value is -1.30. The number of halogens is 1. The van der Waals surface area contributed by atoms with Gasteiger partial charge < -0.3 is 20.5 Å². The van der Waals surface area contributed by atoms with Gasteiger partial charge in [0.2, 0.25) is 0 Å². The normalized spacial score (nSPS) is 18.8. The number of esters is 1. The molecule has 1 aliphatic rings. The van der Waals surface area contributed by atoms with E-state index in [0.717, 1.165) is 25.2 Å². The second kappa shape index (κ2) is 6.58. The minimum absolute atomic E-state index is 0. The van der Waals surface area contributed by atoms with Crippen LogP contribution in [0.2, 0.25) is 0 Å². The largest absolute Gasteiger partial charge is 0.504 e. The first-order chi connectivity index (χ1) is 8.16. The van der Waals surface area contributed by atoms with Crippen molar-refractivity contribution in [3.63, 3.8) is 0 Å². The SMILES string of the molecule is CC(=O)Oc1ccc([C@@H]2CNCCN2)cc1O.Cl. The van der Waals surface area contributed by atoms with Gasteiger partial charge in [0.1, 0.15) is 0 Å². The van der Waals surface area contributed by atoms with Crippen molar-refractivity contribution in [1.29, 1.82) is 0 Å². The fourth-order valence-corrected chi connectivity index (χ4v) is 1.88. The summed E-state index contributed by atoms with van der Waals surface area (Å²) in [6.07, 6.45) is 0. The molecule has 5 nitrogen and oxygen atoms in total. The third-order valence-electron chi connectivity index (χ3n) is 2.68. The maximum atomic E-state index is 10.8. The van der Waals surface area contributed by atoms with Gasteiger partial charge in [-0.25, -0.2) is 0 Å². The van der Waals surface area contributed by atoms with Crippen molar-refractivity contribution < 1.29 is 14.6 Å². The molecule has 0 amide bonds. The average molecular weight is 273 g/mol. The molecule has 100 valence electrons. The zero-order valence-electron chi connectivity index (χ0n) is 10.1. The molecule has 2 rings (SSSR count). The molecule has 6 heteroatoms. The summed E-state index contributed by atoms with van der Waals surface area (Å²) in [4.78, 5) is 10.8. The van der Waals surface area contributed by atoms with Crippen molar-refractivity contribution in [1.82, 2.24) is 10.6 Å². The molecule has 3 N–H and O–H groups in total. The molecule has 1 fully saturated rings. The predicted molar refractivity (Wildman–Crippen MR) is 70.3 cm³/mol. The Morgan fingerprint density at radius 2 is 2.22 bits per heavy atom. The Kier molecular flexibility index (Phi) is 5.40. The number of benzene rings is 1. The molecule has 0 aromatic heterocycles. The van der Waals surface area contributed by atoms with Crippen LogP contribution in [0.25, 0.3) is 0 Å². The average Bonchev–Trinajstić information content (AvgIpc) is 2.32. The minimum atomic E-state index is -0.439. The van der Waals surface area contributed by atoms with Gasteiger partial charge in [0.15, 0.2) is 11.5 Å². The molecule has 0 unspecified atom stereocenters. The van der Waals surface area contributed by atoms with Gasteiger partial charge >= 0.3 is 5.97 Å². The summed E-state index contributed by atoms with van der Waals surface area (Å²) in [5.74, 6) is -0.249. The summed E-state index contributed by atoms with van der Waals surface area (Å²) in [5.41, 5.74) is 0.977. The van der Waals surface area contributed by atoms with Crippen molar-refractivity contribution in [3.8, 4) is 11.5 Å². The second-order valence-corrected chi connectivity index (χ2v) is 4.03. The number of phenols is 1. The molecule has 0 spiro atoms. The monoisotopic (exact) mass is 272 g/mol. The van der Waals surface area contributed by atoms with Gasteiger partial charge in [0, 0.05) is 32.6 Å². The molecular formula is C12H17ClN2O3. The van der Waals surface area contributed by atoms with Gasteiger partial charge in [-0.3, -0.25) is 4.79 Å². The smallest absolute Gasteiger partial charge is 0.308 e. The molecular weight excluding hydrogens is 256 g/mol. The highest BCUT2D eigenvalue weighted by Gasteiger charge is 2.16. The van der Waals surface area contributed by atoms with Crippen LogP contribution in [0.4, 0.5) is 0 Å². The standard InChI is InChI=1S/C12H16N2O3.ClH/c1-8(15)17-12-3-2-9(6-11(12)16)10-7-13-4-5-14-10;/h2-3,6,10,13-14,16H,4-5,7H2,1H3;1H/t10-;/m0./s1. The lowest BCUT2D eigenvalue weighted by Gasteiger charge is -2.25. The molecule has 18 heavy (non-hydrogen) atoms. The Bertz CT molecular complexity index is 420. The maximum Gasteiger partial charge on any atom is 0.308 e. The van der Waals surface area contributed by atoms with Gasteiger partial charge in [0.25, 0.3) is 0 Å². The highest BCUT2D eigenvalue weighted by molar-refractivity contribution is 5.85. The molecule has 0 saturated carbocycles. The topological polar surface area (TPSA) is 70.6 Å². The van der Waals surface area contributed by atoms with E-state index in [4.69, 9.17) is 4.74 Å². The molecule has 0 radical (unpaired) electrons. The van der Waals surface area contributed by atoms with Crippen LogP contribution in [-0.4, -0.2) is 30.7 Å². The number of carbonyl (C=O) groups excluding carboxylic acids is 1. The van der Waals surface area contributed by atoms with Gasteiger partial charge in [-0.2, -0.15) is 0 Å². The Labute approximate surface area is 112 Å². The third-order valence-corrected chi connectivity index (χ3v) is 2.68. The molecule has 0 aliphatic carbocycles. The van der Waals surface area contributed by atoms with Crippen LogP contribution in [0, 0.1) is 0 Å². The summed E-state index contributed by atoms with van der Waals surface area (Å²) in [6.45, 7) is 3.98. The van der Waals surface area contributed by atoms with Crippen molar-refractivity contribution in [2.45, 2.75) is 13.0 Å².